The molecule has 3 rings (SSSR count). The second-order valence-electron chi connectivity index (χ2n) is 5.97. The van der Waals surface area contributed by atoms with E-state index < -0.39 is 0 Å². The number of hydrogen-bond donors (Lipinski definition) is 0. The molecule has 3 heterocycles. The highest BCUT2D eigenvalue weighted by Gasteiger charge is 2.25. The van der Waals surface area contributed by atoms with Gasteiger partial charge in [-0.3, -0.25) is 9.88 Å². The fourth-order valence-electron chi connectivity index (χ4n) is 3.19. The van der Waals surface area contributed by atoms with Gasteiger partial charge in [0, 0.05) is 29.4 Å². The van der Waals surface area contributed by atoms with Crippen LogP contribution in [0.4, 0.5) is 0 Å². The third kappa shape index (κ3) is 3.69. The molecule has 1 fully saturated rings. The number of thiazole rings is 1. The summed E-state index contributed by atoms with van der Waals surface area (Å²) < 4.78 is 0. The average Bonchev–Trinajstić information content (AvgIpc) is 3.07. The minimum Gasteiger partial charge on any atom is -0.295 e. The number of likely N-dealkylation sites (tertiary alicyclic amines) is 1. The van der Waals surface area contributed by atoms with E-state index in [-0.39, 0.29) is 0 Å². The monoisotopic (exact) mass is 301 g/mol. The van der Waals surface area contributed by atoms with Gasteiger partial charge >= 0.3 is 0 Å². The van der Waals surface area contributed by atoms with Crippen LogP contribution in [0.1, 0.15) is 41.1 Å². The largest absolute Gasteiger partial charge is 0.295 e. The van der Waals surface area contributed by atoms with Crippen LogP contribution < -0.4 is 0 Å². The first kappa shape index (κ1) is 14.7. The molecule has 1 saturated heterocycles. The van der Waals surface area contributed by atoms with Crippen molar-refractivity contribution < 1.29 is 0 Å². The van der Waals surface area contributed by atoms with E-state index in [1.807, 2.05) is 11.7 Å². The number of rotatable bonds is 5. The predicted molar refractivity (Wildman–Crippen MR) is 87.6 cm³/mol. The molecule has 2 aromatic rings. The van der Waals surface area contributed by atoms with Gasteiger partial charge in [-0.1, -0.05) is 0 Å². The highest BCUT2D eigenvalue weighted by atomic mass is 32.1. The molecule has 21 heavy (non-hydrogen) atoms. The van der Waals surface area contributed by atoms with Gasteiger partial charge in [-0.25, -0.2) is 4.98 Å². The SMILES string of the molecule is Cc1cc(CCC2CCCN2Cc2scnc2C)ccn1. The maximum Gasteiger partial charge on any atom is 0.0798 e. The van der Waals surface area contributed by atoms with Gasteiger partial charge in [0.15, 0.2) is 0 Å². The lowest BCUT2D eigenvalue weighted by molar-refractivity contribution is 0.236. The Morgan fingerprint density at radius 1 is 1.33 bits per heavy atom. The lowest BCUT2D eigenvalue weighted by Gasteiger charge is -2.24. The average molecular weight is 301 g/mol. The summed E-state index contributed by atoms with van der Waals surface area (Å²) in [6, 6.07) is 5.09. The molecule has 0 radical (unpaired) electrons. The summed E-state index contributed by atoms with van der Waals surface area (Å²) in [6.45, 7) is 6.50. The van der Waals surface area contributed by atoms with E-state index in [0.717, 1.165) is 24.7 Å². The minimum atomic E-state index is 0.722. The highest BCUT2D eigenvalue weighted by molar-refractivity contribution is 7.09. The summed E-state index contributed by atoms with van der Waals surface area (Å²) in [4.78, 5) is 12.7. The Morgan fingerprint density at radius 3 is 3.00 bits per heavy atom. The van der Waals surface area contributed by atoms with Crippen molar-refractivity contribution in [2.45, 2.75) is 52.1 Å². The normalized spacial score (nSPS) is 19.2. The van der Waals surface area contributed by atoms with E-state index in [2.05, 4.69) is 40.8 Å². The van der Waals surface area contributed by atoms with Gasteiger partial charge in [-0.15, -0.1) is 11.3 Å². The summed E-state index contributed by atoms with van der Waals surface area (Å²) in [5, 5.41) is 0. The van der Waals surface area contributed by atoms with Crippen molar-refractivity contribution in [2.75, 3.05) is 6.54 Å². The molecule has 4 heteroatoms. The Kier molecular flexibility index (Phi) is 4.66. The van der Waals surface area contributed by atoms with Gasteiger partial charge < -0.3 is 0 Å². The number of hydrogen-bond acceptors (Lipinski definition) is 4. The Hall–Kier alpha value is -1.26. The zero-order valence-corrected chi connectivity index (χ0v) is 13.7. The van der Waals surface area contributed by atoms with E-state index in [0.29, 0.717) is 0 Å². The fraction of sp³-hybridized carbons (Fsp3) is 0.529. The quantitative estimate of drug-likeness (QED) is 0.842. The van der Waals surface area contributed by atoms with Gasteiger partial charge in [0.2, 0.25) is 0 Å². The van der Waals surface area contributed by atoms with Gasteiger partial charge in [0.05, 0.1) is 11.2 Å². The maximum atomic E-state index is 4.37. The molecular weight excluding hydrogens is 278 g/mol. The molecule has 3 nitrogen and oxygen atoms in total. The first-order valence-corrected chi connectivity index (χ1v) is 8.65. The van der Waals surface area contributed by atoms with Crippen LogP contribution in [-0.4, -0.2) is 27.5 Å². The third-order valence-electron chi connectivity index (χ3n) is 4.42. The molecular formula is C17H23N3S. The fourth-order valence-corrected chi connectivity index (χ4v) is 3.99. The molecule has 0 spiro atoms. The molecule has 0 N–H and O–H groups in total. The van der Waals surface area contributed by atoms with Crippen LogP contribution in [0.2, 0.25) is 0 Å². The zero-order chi connectivity index (χ0) is 14.7. The summed E-state index contributed by atoms with van der Waals surface area (Å²) in [5.74, 6) is 0. The van der Waals surface area contributed by atoms with Crippen LogP contribution in [-0.2, 0) is 13.0 Å². The number of nitrogens with zero attached hydrogens (tertiary/aromatic N) is 3. The molecule has 0 amide bonds. The van der Waals surface area contributed by atoms with Gasteiger partial charge in [0.25, 0.3) is 0 Å². The predicted octanol–water partition coefficient (Wildman–Crippen LogP) is 3.75. The molecule has 1 aliphatic rings. The van der Waals surface area contributed by atoms with Crippen LogP contribution in [0, 0.1) is 13.8 Å². The molecule has 1 aliphatic heterocycles. The van der Waals surface area contributed by atoms with Crippen LogP contribution in [0.5, 0.6) is 0 Å². The van der Waals surface area contributed by atoms with Crippen molar-refractivity contribution in [1.29, 1.82) is 0 Å². The van der Waals surface area contributed by atoms with E-state index in [1.54, 1.807) is 11.3 Å². The molecule has 112 valence electrons. The molecule has 1 unspecified atom stereocenters. The van der Waals surface area contributed by atoms with Crippen LogP contribution in [0.15, 0.2) is 23.8 Å². The van der Waals surface area contributed by atoms with Crippen LogP contribution in [0.25, 0.3) is 0 Å². The molecule has 2 aromatic heterocycles. The summed E-state index contributed by atoms with van der Waals surface area (Å²) in [7, 11) is 0. The topological polar surface area (TPSA) is 29.0 Å². The van der Waals surface area contributed by atoms with E-state index in [1.165, 1.54) is 41.9 Å². The van der Waals surface area contributed by atoms with Crippen molar-refractivity contribution in [3.63, 3.8) is 0 Å². The van der Waals surface area contributed by atoms with Gasteiger partial charge in [-0.05, 0) is 63.8 Å². The third-order valence-corrected chi connectivity index (χ3v) is 5.34. The molecule has 0 aromatic carbocycles. The van der Waals surface area contributed by atoms with Crippen molar-refractivity contribution >= 4 is 11.3 Å². The summed E-state index contributed by atoms with van der Waals surface area (Å²) in [6.07, 6.45) is 7.01. The summed E-state index contributed by atoms with van der Waals surface area (Å²) in [5.41, 5.74) is 5.71. The Bertz CT molecular complexity index is 593. The lowest BCUT2D eigenvalue weighted by atomic mass is 10.0. The minimum absolute atomic E-state index is 0.722. The molecule has 0 saturated carbocycles. The van der Waals surface area contributed by atoms with Crippen molar-refractivity contribution in [3.8, 4) is 0 Å². The standard InChI is InChI=1S/C17H23N3S/c1-13-10-15(7-8-18-13)5-6-16-4-3-9-20(16)11-17-14(2)19-12-21-17/h7-8,10,12,16H,3-6,9,11H2,1-2H3. The smallest absolute Gasteiger partial charge is 0.0798 e. The van der Waals surface area contributed by atoms with Crippen molar-refractivity contribution in [3.05, 3.63) is 45.7 Å². The summed E-state index contributed by atoms with van der Waals surface area (Å²) >= 11 is 1.79. The van der Waals surface area contributed by atoms with Gasteiger partial charge in [0.1, 0.15) is 0 Å². The number of aryl methyl sites for hydroxylation is 3. The van der Waals surface area contributed by atoms with Crippen molar-refractivity contribution in [1.82, 2.24) is 14.9 Å². The van der Waals surface area contributed by atoms with Crippen molar-refractivity contribution in [2.24, 2.45) is 0 Å². The van der Waals surface area contributed by atoms with Crippen LogP contribution >= 0.6 is 11.3 Å². The molecule has 0 aliphatic carbocycles. The molecule has 0 bridgehead atoms. The molecule has 1 atom stereocenters. The Labute approximate surface area is 131 Å². The zero-order valence-electron chi connectivity index (χ0n) is 12.9. The van der Waals surface area contributed by atoms with E-state index in [9.17, 15) is 0 Å². The van der Waals surface area contributed by atoms with E-state index >= 15 is 0 Å². The lowest BCUT2D eigenvalue weighted by Crippen LogP contribution is -2.29. The number of pyridine rings is 1. The number of aromatic nitrogens is 2. The highest BCUT2D eigenvalue weighted by Crippen LogP contribution is 2.26. The Morgan fingerprint density at radius 2 is 2.24 bits per heavy atom. The maximum absolute atomic E-state index is 4.37. The second kappa shape index (κ2) is 6.67. The van der Waals surface area contributed by atoms with Crippen LogP contribution in [0.3, 0.4) is 0 Å². The first-order chi connectivity index (χ1) is 10.2. The second-order valence-corrected chi connectivity index (χ2v) is 6.91. The first-order valence-electron chi connectivity index (χ1n) is 7.77. The van der Waals surface area contributed by atoms with E-state index in [4.69, 9.17) is 0 Å². The van der Waals surface area contributed by atoms with Gasteiger partial charge in [-0.2, -0.15) is 0 Å². The Balaban J connectivity index is 1.58.